The molecule has 2 fully saturated rings. The molecule has 3 rings (SSSR count). The molecule has 0 spiro atoms. The van der Waals surface area contributed by atoms with Gasteiger partial charge >= 0.3 is 0 Å². The fourth-order valence-corrected chi connectivity index (χ4v) is 3.63. The number of nitrogens with one attached hydrogen (secondary N) is 1. The number of piperazine rings is 1. The van der Waals surface area contributed by atoms with Crippen LogP contribution in [0.25, 0.3) is 0 Å². The molecule has 1 unspecified atom stereocenters. The predicted octanol–water partition coefficient (Wildman–Crippen LogP) is 2.61. The summed E-state index contributed by atoms with van der Waals surface area (Å²) < 4.78 is 19.2. The summed E-state index contributed by atoms with van der Waals surface area (Å²) in [6.45, 7) is 3.28. The van der Waals surface area contributed by atoms with Crippen LogP contribution in [0.15, 0.2) is 22.7 Å². The molecule has 1 amide bonds. The first-order chi connectivity index (χ1) is 11.5. The van der Waals surface area contributed by atoms with Gasteiger partial charge in [-0.05, 0) is 59.2 Å². The standard InChI is InChI=1S/C16H19BrFN3O2S/c17-12-10-11(18)3-4-13(12)19-16(24)21-7-5-20(6-8-21)15(22)14-2-1-9-23-14/h3-4,10,14H,1-2,5-9H2,(H,19,24). The number of halogens is 2. The van der Waals surface area contributed by atoms with Crippen molar-refractivity contribution in [2.45, 2.75) is 18.9 Å². The summed E-state index contributed by atoms with van der Waals surface area (Å²) >= 11 is 8.75. The van der Waals surface area contributed by atoms with Gasteiger partial charge in [0.15, 0.2) is 5.11 Å². The summed E-state index contributed by atoms with van der Waals surface area (Å²) in [5.74, 6) is -0.216. The Labute approximate surface area is 154 Å². The van der Waals surface area contributed by atoms with Crippen molar-refractivity contribution in [1.29, 1.82) is 0 Å². The second-order valence-corrected chi connectivity index (χ2v) is 7.11. The molecule has 8 heteroatoms. The predicted molar refractivity (Wildman–Crippen MR) is 97.4 cm³/mol. The van der Waals surface area contributed by atoms with E-state index in [2.05, 4.69) is 21.2 Å². The van der Waals surface area contributed by atoms with E-state index in [0.29, 0.717) is 42.4 Å². The first-order valence-electron chi connectivity index (χ1n) is 7.96. The minimum absolute atomic E-state index is 0.0901. The summed E-state index contributed by atoms with van der Waals surface area (Å²) in [5, 5.41) is 3.70. The molecule has 1 atom stereocenters. The smallest absolute Gasteiger partial charge is 0.251 e. The Balaban J connectivity index is 1.52. The highest BCUT2D eigenvalue weighted by molar-refractivity contribution is 9.10. The van der Waals surface area contributed by atoms with E-state index in [1.54, 1.807) is 6.07 Å². The average Bonchev–Trinajstić information content (AvgIpc) is 3.11. The van der Waals surface area contributed by atoms with Crippen LogP contribution in [0.3, 0.4) is 0 Å². The molecule has 2 aliphatic rings. The molecule has 0 radical (unpaired) electrons. The van der Waals surface area contributed by atoms with Gasteiger partial charge in [0.05, 0.1) is 5.69 Å². The maximum absolute atomic E-state index is 13.1. The van der Waals surface area contributed by atoms with Crippen LogP contribution in [0.5, 0.6) is 0 Å². The molecule has 2 heterocycles. The number of hydrogen-bond donors (Lipinski definition) is 1. The molecule has 0 saturated carbocycles. The van der Waals surface area contributed by atoms with Gasteiger partial charge in [-0.2, -0.15) is 0 Å². The monoisotopic (exact) mass is 415 g/mol. The maximum Gasteiger partial charge on any atom is 0.251 e. The fraction of sp³-hybridized carbons (Fsp3) is 0.500. The van der Waals surface area contributed by atoms with Gasteiger partial charge < -0.3 is 19.9 Å². The number of carbonyl (C=O) groups excluding carboxylic acids is 1. The van der Waals surface area contributed by atoms with Gasteiger partial charge in [-0.3, -0.25) is 4.79 Å². The number of thiocarbonyl (C=S) groups is 1. The molecule has 24 heavy (non-hydrogen) atoms. The molecule has 0 aromatic heterocycles. The highest BCUT2D eigenvalue weighted by Gasteiger charge is 2.30. The third kappa shape index (κ3) is 4.04. The van der Waals surface area contributed by atoms with E-state index in [0.717, 1.165) is 18.5 Å². The SMILES string of the molecule is O=C(C1CCCO1)N1CCN(C(=S)Nc2ccc(F)cc2Br)CC1. The lowest BCUT2D eigenvalue weighted by atomic mass is 10.2. The third-order valence-electron chi connectivity index (χ3n) is 4.26. The van der Waals surface area contributed by atoms with Gasteiger partial charge in [0, 0.05) is 37.3 Å². The fourth-order valence-electron chi connectivity index (χ4n) is 2.89. The van der Waals surface area contributed by atoms with Crippen LogP contribution < -0.4 is 5.32 Å². The van der Waals surface area contributed by atoms with E-state index >= 15 is 0 Å². The van der Waals surface area contributed by atoms with E-state index in [1.807, 2.05) is 9.80 Å². The number of nitrogens with zero attached hydrogens (tertiary/aromatic N) is 2. The van der Waals surface area contributed by atoms with Crippen molar-refractivity contribution in [2.75, 3.05) is 38.1 Å². The Morgan fingerprint density at radius 2 is 2.00 bits per heavy atom. The minimum atomic E-state index is -0.306. The number of rotatable bonds is 2. The van der Waals surface area contributed by atoms with E-state index in [-0.39, 0.29) is 17.8 Å². The van der Waals surface area contributed by atoms with Crippen molar-refractivity contribution in [3.8, 4) is 0 Å². The van der Waals surface area contributed by atoms with E-state index in [1.165, 1.54) is 12.1 Å². The molecular formula is C16H19BrFN3O2S. The average molecular weight is 416 g/mol. The second-order valence-electron chi connectivity index (χ2n) is 5.87. The van der Waals surface area contributed by atoms with Crippen molar-refractivity contribution in [1.82, 2.24) is 9.80 Å². The highest BCUT2D eigenvalue weighted by atomic mass is 79.9. The van der Waals surface area contributed by atoms with Crippen molar-refractivity contribution in [3.63, 3.8) is 0 Å². The molecule has 130 valence electrons. The van der Waals surface area contributed by atoms with Crippen LogP contribution >= 0.6 is 28.1 Å². The zero-order valence-corrected chi connectivity index (χ0v) is 15.5. The molecular weight excluding hydrogens is 397 g/mol. The first kappa shape index (κ1) is 17.6. The van der Waals surface area contributed by atoms with Crippen LogP contribution in [0, 0.1) is 5.82 Å². The van der Waals surface area contributed by atoms with Gasteiger partial charge in [0.1, 0.15) is 11.9 Å². The lowest BCUT2D eigenvalue weighted by Crippen LogP contribution is -2.53. The van der Waals surface area contributed by atoms with Gasteiger partial charge in [-0.1, -0.05) is 0 Å². The second kappa shape index (κ2) is 7.76. The summed E-state index contributed by atoms with van der Waals surface area (Å²) in [7, 11) is 0. The maximum atomic E-state index is 13.1. The van der Waals surface area contributed by atoms with Gasteiger partial charge in [0.25, 0.3) is 5.91 Å². The first-order valence-corrected chi connectivity index (χ1v) is 9.16. The molecule has 1 aromatic rings. The zero-order chi connectivity index (χ0) is 17.1. The Kier molecular flexibility index (Phi) is 5.68. The zero-order valence-electron chi connectivity index (χ0n) is 13.1. The van der Waals surface area contributed by atoms with Crippen LogP contribution in [0.2, 0.25) is 0 Å². The van der Waals surface area contributed by atoms with Crippen LogP contribution in [0.1, 0.15) is 12.8 Å². The van der Waals surface area contributed by atoms with Crippen LogP contribution in [-0.2, 0) is 9.53 Å². The number of ether oxygens (including phenoxy) is 1. The molecule has 0 bridgehead atoms. The van der Waals surface area contributed by atoms with Crippen molar-refractivity contribution < 1.29 is 13.9 Å². The topological polar surface area (TPSA) is 44.8 Å². The van der Waals surface area contributed by atoms with Crippen molar-refractivity contribution in [2.24, 2.45) is 0 Å². The molecule has 2 aliphatic heterocycles. The highest BCUT2D eigenvalue weighted by Crippen LogP contribution is 2.23. The van der Waals surface area contributed by atoms with E-state index < -0.39 is 0 Å². The van der Waals surface area contributed by atoms with E-state index in [9.17, 15) is 9.18 Å². The molecule has 1 N–H and O–H groups in total. The summed E-state index contributed by atoms with van der Waals surface area (Å²) in [6, 6.07) is 4.42. The Hall–Kier alpha value is -1.25. The molecule has 2 saturated heterocycles. The number of anilines is 1. The molecule has 0 aliphatic carbocycles. The Morgan fingerprint density at radius 3 is 2.62 bits per heavy atom. The largest absolute Gasteiger partial charge is 0.368 e. The normalized spacial score (nSPS) is 21.0. The molecule has 1 aromatic carbocycles. The van der Waals surface area contributed by atoms with Gasteiger partial charge in [-0.25, -0.2) is 4.39 Å². The Bertz CT molecular complexity index is 632. The number of carbonyl (C=O) groups is 1. The molecule has 5 nitrogen and oxygen atoms in total. The van der Waals surface area contributed by atoms with Gasteiger partial charge in [0.2, 0.25) is 0 Å². The summed E-state index contributed by atoms with van der Waals surface area (Å²) in [6.07, 6.45) is 1.51. The number of benzene rings is 1. The van der Waals surface area contributed by atoms with E-state index in [4.69, 9.17) is 17.0 Å². The number of hydrogen-bond acceptors (Lipinski definition) is 3. The summed E-state index contributed by atoms with van der Waals surface area (Å²) in [5.41, 5.74) is 0.722. The lowest BCUT2D eigenvalue weighted by Gasteiger charge is -2.37. The van der Waals surface area contributed by atoms with Crippen LogP contribution in [0.4, 0.5) is 10.1 Å². The Morgan fingerprint density at radius 1 is 1.29 bits per heavy atom. The summed E-state index contributed by atoms with van der Waals surface area (Å²) in [4.78, 5) is 16.2. The number of amides is 1. The van der Waals surface area contributed by atoms with Crippen molar-refractivity contribution >= 4 is 44.9 Å². The quantitative estimate of drug-likeness (QED) is 0.752. The lowest BCUT2D eigenvalue weighted by molar-refractivity contribution is -0.142. The third-order valence-corrected chi connectivity index (χ3v) is 5.27. The van der Waals surface area contributed by atoms with Crippen LogP contribution in [-0.4, -0.2) is 59.7 Å². The van der Waals surface area contributed by atoms with Crippen molar-refractivity contribution in [3.05, 3.63) is 28.5 Å². The minimum Gasteiger partial charge on any atom is -0.368 e. The van der Waals surface area contributed by atoms with Gasteiger partial charge in [-0.15, -0.1) is 0 Å².